The molecule has 17 heavy (non-hydrogen) atoms. The van der Waals surface area contributed by atoms with Crippen LogP contribution in [0.4, 0.5) is 0 Å². The second-order valence-corrected chi connectivity index (χ2v) is 5.69. The molecule has 0 aliphatic heterocycles. The lowest BCUT2D eigenvalue weighted by Crippen LogP contribution is -2.26. The summed E-state index contributed by atoms with van der Waals surface area (Å²) in [5, 5.41) is 0. The summed E-state index contributed by atoms with van der Waals surface area (Å²) in [5.74, 6) is 1.03. The number of hydrogen-bond donors (Lipinski definition) is 1. The summed E-state index contributed by atoms with van der Waals surface area (Å²) in [5.41, 5.74) is 11.1. The Morgan fingerprint density at radius 1 is 1.18 bits per heavy atom. The topological polar surface area (TPSA) is 35.2 Å². The van der Waals surface area contributed by atoms with Crippen molar-refractivity contribution < 1.29 is 4.74 Å². The molecule has 0 spiro atoms. The van der Waals surface area contributed by atoms with E-state index in [0.29, 0.717) is 6.54 Å². The highest BCUT2D eigenvalue weighted by Crippen LogP contribution is 2.34. The normalized spacial score (nSPS) is 11.7. The minimum atomic E-state index is 0.111. The van der Waals surface area contributed by atoms with Gasteiger partial charge in [-0.3, -0.25) is 0 Å². The molecule has 0 aliphatic carbocycles. The Hall–Kier alpha value is -1.02. The highest BCUT2D eigenvalue weighted by Gasteiger charge is 2.21. The number of benzene rings is 1. The van der Waals surface area contributed by atoms with Gasteiger partial charge in [0.1, 0.15) is 5.75 Å². The predicted molar refractivity (Wildman–Crippen MR) is 73.7 cm³/mol. The van der Waals surface area contributed by atoms with Gasteiger partial charge >= 0.3 is 0 Å². The van der Waals surface area contributed by atoms with Crippen LogP contribution in [0, 0.1) is 26.2 Å². The van der Waals surface area contributed by atoms with E-state index in [2.05, 4.69) is 40.7 Å². The van der Waals surface area contributed by atoms with E-state index in [9.17, 15) is 0 Å². The van der Waals surface area contributed by atoms with Crippen molar-refractivity contribution in [3.05, 3.63) is 28.3 Å². The van der Waals surface area contributed by atoms with Gasteiger partial charge in [-0.25, -0.2) is 0 Å². The highest BCUT2D eigenvalue weighted by atomic mass is 16.5. The molecule has 1 aromatic carbocycles. The number of methoxy groups -OCH3 is 1. The maximum atomic E-state index is 5.82. The molecule has 0 heterocycles. The lowest BCUT2D eigenvalue weighted by molar-refractivity contribution is 0.357. The third-order valence-corrected chi connectivity index (χ3v) is 3.53. The maximum Gasteiger partial charge on any atom is 0.125 e. The molecule has 0 radical (unpaired) electrons. The monoisotopic (exact) mass is 235 g/mol. The van der Waals surface area contributed by atoms with Gasteiger partial charge in [0, 0.05) is 0 Å². The minimum Gasteiger partial charge on any atom is -0.496 e. The van der Waals surface area contributed by atoms with E-state index < -0.39 is 0 Å². The molecule has 1 aromatic rings. The summed E-state index contributed by atoms with van der Waals surface area (Å²) in [4.78, 5) is 0. The zero-order valence-corrected chi connectivity index (χ0v) is 12.0. The van der Waals surface area contributed by atoms with Crippen molar-refractivity contribution in [1.29, 1.82) is 0 Å². The molecule has 2 heteroatoms. The number of aryl methyl sites for hydroxylation is 2. The van der Waals surface area contributed by atoms with Gasteiger partial charge in [-0.05, 0) is 61.4 Å². The lowest BCUT2D eigenvalue weighted by atomic mass is 9.83. The summed E-state index contributed by atoms with van der Waals surface area (Å²) < 4.78 is 5.59. The van der Waals surface area contributed by atoms with Crippen LogP contribution in [0.15, 0.2) is 6.07 Å². The first-order valence-corrected chi connectivity index (χ1v) is 6.16. The van der Waals surface area contributed by atoms with Gasteiger partial charge in [-0.1, -0.05) is 19.9 Å². The van der Waals surface area contributed by atoms with E-state index in [1.165, 1.54) is 22.3 Å². The number of nitrogens with two attached hydrogens (primary N) is 1. The predicted octanol–water partition coefficient (Wildman–Crippen LogP) is 3.15. The summed E-state index contributed by atoms with van der Waals surface area (Å²) >= 11 is 0. The Bertz CT molecular complexity index is 408. The van der Waals surface area contributed by atoms with Crippen LogP contribution >= 0.6 is 0 Å². The summed E-state index contributed by atoms with van der Waals surface area (Å²) in [6, 6.07) is 2.24. The Balaban J connectivity index is 3.28. The first kappa shape index (κ1) is 14.0. The van der Waals surface area contributed by atoms with Gasteiger partial charge in [-0.15, -0.1) is 0 Å². The van der Waals surface area contributed by atoms with Gasteiger partial charge in [0.2, 0.25) is 0 Å². The third-order valence-electron chi connectivity index (χ3n) is 3.53. The van der Waals surface area contributed by atoms with Crippen molar-refractivity contribution in [2.45, 2.75) is 41.0 Å². The van der Waals surface area contributed by atoms with Crippen LogP contribution in [0.2, 0.25) is 0 Å². The fourth-order valence-corrected chi connectivity index (χ4v) is 2.15. The fourth-order valence-electron chi connectivity index (χ4n) is 2.15. The molecular weight excluding hydrogens is 210 g/mol. The molecule has 0 amide bonds. The fraction of sp³-hybridized carbons (Fsp3) is 0.600. The van der Waals surface area contributed by atoms with Crippen molar-refractivity contribution in [2.24, 2.45) is 11.1 Å². The van der Waals surface area contributed by atoms with Crippen LogP contribution in [0.5, 0.6) is 5.75 Å². The molecule has 0 saturated heterocycles. The Kier molecular flexibility index (Phi) is 4.21. The van der Waals surface area contributed by atoms with Gasteiger partial charge in [-0.2, -0.15) is 0 Å². The molecule has 0 bridgehead atoms. The summed E-state index contributed by atoms with van der Waals surface area (Å²) in [6.07, 6.45) is 0.958. The van der Waals surface area contributed by atoms with Crippen molar-refractivity contribution in [3.63, 3.8) is 0 Å². The van der Waals surface area contributed by atoms with Crippen LogP contribution in [-0.2, 0) is 6.42 Å². The highest BCUT2D eigenvalue weighted by molar-refractivity contribution is 5.50. The first-order chi connectivity index (χ1) is 7.82. The van der Waals surface area contributed by atoms with Gasteiger partial charge < -0.3 is 10.5 Å². The van der Waals surface area contributed by atoms with E-state index in [1.807, 2.05) is 0 Å². The van der Waals surface area contributed by atoms with Crippen molar-refractivity contribution >= 4 is 0 Å². The molecule has 2 nitrogen and oxygen atoms in total. The van der Waals surface area contributed by atoms with Crippen molar-refractivity contribution in [2.75, 3.05) is 13.7 Å². The second-order valence-electron chi connectivity index (χ2n) is 5.69. The average Bonchev–Trinajstić information content (AvgIpc) is 2.26. The van der Waals surface area contributed by atoms with Crippen LogP contribution in [0.25, 0.3) is 0 Å². The lowest BCUT2D eigenvalue weighted by Gasteiger charge is -2.26. The molecule has 0 unspecified atom stereocenters. The Morgan fingerprint density at radius 3 is 2.24 bits per heavy atom. The van der Waals surface area contributed by atoms with Crippen LogP contribution in [0.3, 0.4) is 0 Å². The Labute approximate surface area is 105 Å². The average molecular weight is 235 g/mol. The molecule has 1 rings (SSSR count). The maximum absolute atomic E-state index is 5.82. The quantitative estimate of drug-likeness (QED) is 0.870. The summed E-state index contributed by atoms with van der Waals surface area (Å²) in [7, 11) is 1.75. The molecule has 0 saturated carbocycles. The number of hydrogen-bond acceptors (Lipinski definition) is 2. The molecule has 96 valence electrons. The van der Waals surface area contributed by atoms with Crippen molar-refractivity contribution in [3.8, 4) is 5.75 Å². The van der Waals surface area contributed by atoms with Gasteiger partial charge in [0.25, 0.3) is 0 Å². The molecule has 0 aromatic heterocycles. The van der Waals surface area contributed by atoms with Crippen LogP contribution in [-0.4, -0.2) is 13.7 Å². The largest absolute Gasteiger partial charge is 0.496 e. The standard InChI is InChI=1S/C15H25NO/c1-10-7-11(2)13(8-15(4,5)9-16)14(17-6)12(10)3/h7H,8-9,16H2,1-6H3. The zero-order chi connectivity index (χ0) is 13.2. The molecule has 0 atom stereocenters. The molecular formula is C15H25NO. The first-order valence-electron chi connectivity index (χ1n) is 6.16. The third kappa shape index (κ3) is 3.01. The van der Waals surface area contributed by atoms with E-state index in [1.54, 1.807) is 7.11 Å². The van der Waals surface area contributed by atoms with Crippen molar-refractivity contribution in [1.82, 2.24) is 0 Å². The van der Waals surface area contributed by atoms with Gasteiger partial charge in [0.05, 0.1) is 7.11 Å². The van der Waals surface area contributed by atoms with Crippen LogP contribution < -0.4 is 10.5 Å². The SMILES string of the molecule is COc1c(C)c(C)cc(C)c1CC(C)(C)CN. The second kappa shape index (κ2) is 5.09. The van der Waals surface area contributed by atoms with E-state index >= 15 is 0 Å². The van der Waals surface area contributed by atoms with Crippen LogP contribution in [0.1, 0.15) is 36.1 Å². The minimum absolute atomic E-state index is 0.111. The zero-order valence-electron chi connectivity index (χ0n) is 12.0. The number of ether oxygens (including phenoxy) is 1. The van der Waals surface area contributed by atoms with E-state index in [4.69, 9.17) is 10.5 Å². The molecule has 2 N–H and O–H groups in total. The Morgan fingerprint density at radius 2 is 1.76 bits per heavy atom. The van der Waals surface area contributed by atoms with Gasteiger partial charge in [0.15, 0.2) is 0 Å². The smallest absolute Gasteiger partial charge is 0.125 e. The van der Waals surface area contributed by atoms with E-state index in [0.717, 1.165) is 12.2 Å². The molecule has 0 fully saturated rings. The van der Waals surface area contributed by atoms with E-state index in [-0.39, 0.29) is 5.41 Å². The number of rotatable bonds is 4. The molecule has 0 aliphatic rings. The summed E-state index contributed by atoms with van der Waals surface area (Å²) in [6.45, 7) is 11.5.